The van der Waals surface area contributed by atoms with Crippen LogP contribution in [0.1, 0.15) is 42.7 Å². The molecular weight excluding hydrogens is 362 g/mol. The number of pyridine rings is 1. The van der Waals surface area contributed by atoms with E-state index in [1.54, 1.807) is 0 Å². The molecule has 2 N–H and O–H groups in total. The molecule has 1 atom stereocenters. The van der Waals surface area contributed by atoms with Gasteiger partial charge in [0.05, 0.1) is 17.2 Å². The Balaban J connectivity index is 2.57. The van der Waals surface area contributed by atoms with Crippen molar-refractivity contribution in [3.8, 4) is 0 Å². The Morgan fingerprint density at radius 1 is 1.12 bits per heavy atom. The minimum absolute atomic E-state index is 0.0767. The van der Waals surface area contributed by atoms with Gasteiger partial charge in [0.2, 0.25) is 0 Å². The maximum Gasteiger partial charge on any atom is 0.433 e. The number of nitrogens with one attached hydrogen (secondary N) is 1. The summed E-state index contributed by atoms with van der Waals surface area (Å²) in [6, 6.07) is 3.59. The Hall–Kier alpha value is -1.87. The van der Waals surface area contributed by atoms with Crippen LogP contribution in [0.5, 0.6) is 0 Å². The second-order valence-electron chi connectivity index (χ2n) is 5.87. The first-order chi connectivity index (χ1) is 12.1. The zero-order chi connectivity index (χ0) is 19.5. The first-order valence-corrected chi connectivity index (χ1v) is 8.02. The summed E-state index contributed by atoms with van der Waals surface area (Å²) in [5.74, 6) is 0. The van der Waals surface area contributed by atoms with Crippen LogP contribution >= 0.6 is 0 Å². The van der Waals surface area contributed by atoms with Gasteiger partial charge in [-0.25, -0.2) is 4.98 Å². The first-order valence-electron chi connectivity index (χ1n) is 8.02. The van der Waals surface area contributed by atoms with Crippen molar-refractivity contribution in [1.29, 1.82) is 0 Å². The molecule has 0 saturated heterocycles. The molecule has 0 bridgehead atoms. The number of rotatable bonds is 6. The van der Waals surface area contributed by atoms with Crippen molar-refractivity contribution in [2.75, 3.05) is 13.1 Å². The molecule has 1 heterocycles. The summed E-state index contributed by atoms with van der Waals surface area (Å²) in [6.45, 7) is 2.41. The minimum atomic E-state index is -4.93. The molecule has 0 aliphatic rings. The molecule has 3 nitrogen and oxygen atoms in total. The maximum atomic E-state index is 13.2. The number of hydrogen-bond acceptors (Lipinski definition) is 3. The average molecular weight is 380 g/mol. The van der Waals surface area contributed by atoms with Gasteiger partial charge in [-0.05, 0) is 30.7 Å². The van der Waals surface area contributed by atoms with E-state index >= 15 is 0 Å². The average Bonchev–Trinajstić information content (AvgIpc) is 2.55. The van der Waals surface area contributed by atoms with E-state index in [9.17, 15) is 31.4 Å². The molecule has 0 fully saturated rings. The number of para-hydroxylation sites is 1. The van der Waals surface area contributed by atoms with E-state index in [1.165, 1.54) is 6.07 Å². The van der Waals surface area contributed by atoms with Crippen molar-refractivity contribution in [1.82, 2.24) is 10.3 Å². The highest BCUT2D eigenvalue weighted by Crippen LogP contribution is 2.38. The summed E-state index contributed by atoms with van der Waals surface area (Å²) in [5, 5.41) is 13.0. The summed E-state index contributed by atoms with van der Waals surface area (Å²) in [7, 11) is 0. The number of nitrogens with zero attached hydrogens (tertiary/aromatic N) is 1. The predicted molar refractivity (Wildman–Crippen MR) is 84.5 cm³/mol. The summed E-state index contributed by atoms with van der Waals surface area (Å²) in [4.78, 5) is 3.19. The van der Waals surface area contributed by atoms with Crippen LogP contribution in [-0.2, 0) is 12.4 Å². The van der Waals surface area contributed by atoms with E-state index in [0.717, 1.165) is 18.9 Å². The number of aliphatic hydroxyl groups is 1. The lowest BCUT2D eigenvalue weighted by Gasteiger charge is -2.19. The van der Waals surface area contributed by atoms with E-state index in [-0.39, 0.29) is 17.5 Å². The van der Waals surface area contributed by atoms with E-state index in [4.69, 9.17) is 0 Å². The molecule has 0 saturated carbocycles. The lowest BCUT2D eigenvalue weighted by Crippen LogP contribution is -2.23. The van der Waals surface area contributed by atoms with Crippen LogP contribution in [-0.4, -0.2) is 23.2 Å². The van der Waals surface area contributed by atoms with Crippen LogP contribution in [0.25, 0.3) is 10.9 Å². The number of unbranched alkanes of at least 4 members (excludes halogenated alkanes) is 1. The molecule has 0 aliphatic heterocycles. The lowest BCUT2D eigenvalue weighted by atomic mass is 9.99. The monoisotopic (exact) mass is 380 g/mol. The molecule has 2 aromatic rings. The smallest absolute Gasteiger partial charge is 0.387 e. The van der Waals surface area contributed by atoms with Gasteiger partial charge in [-0.2, -0.15) is 26.3 Å². The second kappa shape index (κ2) is 7.79. The van der Waals surface area contributed by atoms with Crippen molar-refractivity contribution in [3.05, 3.63) is 41.1 Å². The number of halogens is 6. The van der Waals surface area contributed by atoms with Crippen LogP contribution < -0.4 is 5.32 Å². The Morgan fingerprint density at radius 2 is 1.81 bits per heavy atom. The third-order valence-corrected chi connectivity index (χ3v) is 3.87. The zero-order valence-electron chi connectivity index (χ0n) is 13.9. The molecule has 1 aromatic heterocycles. The first kappa shape index (κ1) is 20.4. The van der Waals surface area contributed by atoms with Crippen LogP contribution in [0.2, 0.25) is 0 Å². The summed E-state index contributed by atoms with van der Waals surface area (Å²) < 4.78 is 78.8. The topological polar surface area (TPSA) is 45.1 Å². The van der Waals surface area contributed by atoms with Crippen LogP contribution in [0.3, 0.4) is 0 Å². The summed E-state index contributed by atoms with van der Waals surface area (Å²) in [5.41, 5.74) is -3.80. The molecule has 144 valence electrons. The molecule has 0 aliphatic carbocycles. The molecule has 0 unspecified atom stereocenters. The van der Waals surface area contributed by atoms with Crippen molar-refractivity contribution in [2.24, 2.45) is 0 Å². The third-order valence-electron chi connectivity index (χ3n) is 3.87. The van der Waals surface area contributed by atoms with E-state index in [2.05, 4.69) is 10.3 Å². The SMILES string of the molecule is CCCCNC[C@@H](O)c1cc(C(F)(F)F)nc2c(C(F)(F)F)cccc12. The van der Waals surface area contributed by atoms with Gasteiger partial charge in [0.25, 0.3) is 0 Å². The van der Waals surface area contributed by atoms with Crippen molar-refractivity contribution in [2.45, 2.75) is 38.2 Å². The Labute approximate surface area is 146 Å². The summed E-state index contributed by atoms with van der Waals surface area (Å²) in [6.07, 6.45) is -9.51. The van der Waals surface area contributed by atoms with Crippen LogP contribution in [0.4, 0.5) is 26.3 Å². The Morgan fingerprint density at radius 3 is 2.38 bits per heavy atom. The highest BCUT2D eigenvalue weighted by atomic mass is 19.4. The number of hydrogen-bond donors (Lipinski definition) is 2. The second-order valence-corrected chi connectivity index (χ2v) is 5.87. The quantitative estimate of drug-likeness (QED) is 0.564. The number of aromatic nitrogens is 1. The van der Waals surface area contributed by atoms with Gasteiger partial charge in [-0.15, -0.1) is 0 Å². The summed E-state index contributed by atoms with van der Waals surface area (Å²) >= 11 is 0. The van der Waals surface area contributed by atoms with E-state index < -0.39 is 35.2 Å². The Bertz CT molecular complexity index is 757. The van der Waals surface area contributed by atoms with Gasteiger partial charge in [-0.1, -0.05) is 25.5 Å². The molecule has 2 rings (SSSR count). The number of benzene rings is 1. The largest absolute Gasteiger partial charge is 0.433 e. The van der Waals surface area contributed by atoms with E-state index in [0.29, 0.717) is 18.7 Å². The fraction of sp³-hybridized carbons (Fsp3) is 0.471. The van der Waals surface area contributed by atoms with Gasteiger partial charge in [-0.3, -0.25) is 0 Å². The highest BCUT2D eigenvalue weighted by Gasteiger charge is 2.37. The van der Waals surface area contributed by atoms with Crippen molar-refractivity contribution in [3.63, 3.8) is 0 Å². The molecule has 0 radical (unpaired) electrons. The van der Waals surface area contributed by atoms with Crippen LogP contribution in [0, 0.1) is 0 Å². The van der Waals surface area contributed by atoms with Crippen LogP contribution in [0.15, 0.2) is 24.3 Å². The molecule has 0 amide bonds. The fourth-order valence-corrected chi connectivity index (χ4v) is 2.57. The minimum Gasteiger partial charge on any atom is -0.387 e. The molecule has 9 heteroatoms. The van der Waals surface area contributed by atoms with Crippen molar-refractivity contribution >= 4 is 10.9 Å². The van der Waals surface area contributed by atoms with Gasteiger partial charge in [0.15, 0.2) is 0 Å². The van der Waals surface area contributed by atoms with Gasteiger partial charge in [0, 0.05) is 11.9 Å². The Kier molecular flexibility index (Phi) is 6.13. The fourth-order valence-electron chi connectivity index (χ4n) is 2.57. The highest BCUT2D eigenvalue weighted by molar-refractivity contribution is 5.86. The normalized spacial score (nSPS) is 14.0. The maximum absolute atomic E-state index is 13.2. The molecule has 0 spiro atoms. The third kappa shape index (κ3) is 4.64. The number of fused-ring (bicyclic) bond motifs is 1. The van der Waals surface area contributed by atoms with Crippen molar-refractivity contribution < 1.29 is 31.4 Å². The number of alkyl halides is 6. The molecular formula is C17H18F6N2O. The molecule has 1 aromatic carbocycles. The van der Waals surface area contributed by atoms with Gasteiger partial charge >= 0.3 is 12.4 Å². The van der Waals surface area contributed by atoms with E-state index in [1.807, 2.05) is 6.92 Å². The van der Waals surface area contributed by atoms with Gasteiger partial charge in [0.1, 0.15) is 5.69 Å². The van der Waals surface area contributed by atoms with Gasteiger partial charge < -0.3 is 10.4 Å². The zero-order valence-corrected chi connectivity index (χ0v) is 13.9. The number of aliphatic hydroxyl groups excluding tert-OH is 1. The standard InChI is InChI=1S/C17H18F6N2O/c1-2-3-7-24-9-13(26)11-8-14(17(21,22)23)25-15-10(11)5-4-6-12(15)16(18,19)20/h4-6,8,13,24,26H,2-3,7,9H2,1H3/t13-/m1/s1. The predicted octanol–water partition coefficient (Wildman–Crippen LogP) is 4.70. The molecule has 26 heavy (non-hydrogen) atoms. The lowest BCUT2D eigenvalue weighted by molar-refractivity contribution is -0.142.